The molecule has 0 N–H and O–H groups in total. The van der Waals surface area contributed by atoms with Crippen molar-refractivity contribution in [1.82, 2.24) is 4.90 Å². The molecule has 3 heteroatoms. The van der Waals surface area contributed by atoms with E-state index in [0.717, 1.165) is 18.0 Å². The first-order chi connectivity index (χ1) is 6.68. The third kappa shape index (κ3) is 1.69. The predicted molar refractivity (Wildman–Crippen MR) is 58.6 cm³/mol. The van der Waals surface area contributed by atoms with E-state index in [1.807, 2.05) is 22.4 Å². The fraction of sp³-hybridized carbons (Fsp3) is 0.545. The molecule has 1 aromatic rings. The maximum Gasteiger partial charge on any atom is 0.263 e. The van der Waals surface area contributed by atoms with Gasteiger partial charge in [-0.3, -0.25) is 4.79 Å². The fourth-order valence-electron chi connectivity index (χ4n) is 1.85. The molecule has 0 aliphatic carbocycles. The molecule has 0 spiro atoms. The summed E-state index contributed by atoms with van der Waals surface area (Å²) in [6.07, 6.45) is 0. The van der Waals surface area contributed by atoms with Crippen molar-refractivity contribution < 1.29 is 4.79 Å². The first-order valence-electron chi connectivity index (χ1n) is 5.01. The van der Waals surface area contributed by atoms with Crippen LogP contribution in [0.3, 0.4) is 0 Å². The Bertz CT molecular complexity index is 310. The van der Waals surface area contributed by atoms with Gasteiger partial charge in [0.25, 0.3) is 5.91 Å². The number of hydrogen-bond donors (Lipinski definition) is 0. The lowest BCUT2D eigenvalue weighted by Crippen LogP contribution is -2.28. The fourth-order valence-corrected chi connectivity index (χ4v) is 2.54. The van der Waals surface area contributed by atoms with Gasteiger partial charge in [-0.05, 0) is 23.3 Å². The van der Waals surface area contributed by atoms with E-state index in [4.69, 9.17) is 0 Å². The average Bonchev–Trinajstić information content (AvgIpc) is 2.76. The molecule has 1 aromatic heterocycles. The highest BCUT2D eigenvalue weighted by Crippen LogP contribution is 2.24. The van der Waals surface area contributed by atoms with E-state index >= 15 is 0 Å². The van der Waals surface area contributed by atoms with E-state index in [1.165, 1.54) is 11.3 Å². The van der Waals surface area contributed by atoms with Gasteiger partial charge < -0.3 is 4.90 Å². The molecule has 1 aliphatic rings. The molecule has 0 bridgehead atoms. The summed E-state index contributed by atoms with van der Waals surface area (Å²) >= 11 is 1.53. The molecular formula is C11H15NOS. The molecule has 1 fully saturated rings. The second kappa shape index (κ2) is 3.73. The highest BCUT2D eigenvalue weighted by molar-refractivity contribution is 7.12. The number of thiophene rings is 1. The smallest absolute Gasteiger partial charge is 0.263 e. The molecule has 1 amide bonds. The van der Waals surface area contributed by atoms with Crippen LogP contribution in [0.15, 0.2) is 17.5 Å². The molecule has 0 saturated carbocycles. The lowest BCUT2D eigenvalue weighted by molar-refractivity contribution is 0.0790. The van der Waals surface area contributed by atoms with Crippen molar-refractivity contribution in [3.63, 3.8) is 0 Å². The van der Waals surface area contributed by atoms with E-state index < -0.39 is 0 Å². The molecule has 2 rings (SSSR count). The number of carbonyl (C=O) groups is 1. The Balaban J connectivity index is 2.07. The van der Waals surface area contributed by atoms with Crippen molar-refractivity contribution in [3.05, 3.63) is 22.4 Å². The molecule has 2 atom stereocenters. The van der Waals surface area contributed by atoms with Crippen LogP contribution in [0.2, 0.25) is 0 Å². The van der Waals surface area contributed by atoms with E-state index in [0.29, 0.717) is 11.8 Å². The van der Waals surface area contributed by atoms with Gasteiger partial charge in [-0.1, -0.05) is 19.9 Å². The van der Waals surface area contributed by atoms with Crippen molar-refractivity contribution in [3.8, 4) is 0 Å². The second-order valence-corrected chi connectivity index (χ2v) is 5.09. The van der Waals surface area contributed by atoms with Crippen molar-refractivity contribution in [2.45, 2.75) is 13.8 Å². The van der Waals surface area contributed by atoms with Gasteiger partial charge >= 0.3 is 0 Å². The van der Waals surface area contributed by atoms with Gasteiger partial charge in [0.2, 0.25) is 0 Å². The van der Waals surface area contributed by atoms with Crippen molar-refractivity contribution >= 4 is 17.2 Å². The van der Waals surface area contributed by atoms with Crippen LogP contribution in [0.25, 0.3) is 0 Å². The SMILES string of the molecule is CC1CN(C(=O)c2cccs2)CC1C. The summed E-state index contributed by atoms with van der Waals surface area (Å²) in [7, 11) is 0. The molecule has 1 aliphatic heterocycles. The molecule has 14 heavy (non-hydrogen) atoms. The van der Waals surface area contributed by atoms with Crippen LogP contribution in [0.1, 0.15) is 23.5 Å². The summed E-state index contributed by atoms with van der Waals surface area (Å²) in [5.74, 6) is 1.48. The number of amides is 1. The number of hydrogen-bond acceptors (Lipinski definition) is 2. The second-order valence-electron chi connectivity index (χ2n) is 4.14. The Morgan fingerprint density at radius 1 is 1.43 bits per heavy atom. The summed E-state index contributed by atoms with van der Waals surface area (Å²) in [6.45, 7) is 6.26. The summed E-state index contributed by atoms with van der Waals surface area (Å²) in [6, 6.07) is 3.83. The molecule has 2 heterocycles. The zero-order valence-electron chi connectivity index (χ0n) is 8.56. The van der Waals surface area contributed by atoms with Crippen LogP contribution in [0, 0.1) is 11.8 Å². The van der Waals surface area contributed by atoms with Gasteiger partial charge in [0, 0.05) is 13.1 Å². The Hall–Kier alpha value is -0.830. The average molecular weight is 209 g/mol. The maximum absolute atomic E-state index is 11.9. The third-order valence-electron chi connectivity index (χ3n) is 3.01. The monoisotopic (exact) mass is 209 g/mol. The van der Waals surface area contributed by atoms with E-state index in [1.54, 1.807) is 0 Å². The highest BCUT2D eigenvalue weighted by Gasteiger charge is 2.29. The summed E-state index contributed by atoms with van der Waals surface area (Å²) < 4.78 is 0. The van der Waals surface area contributed by atoms with Crippen LogP contribution in [0.4, 0.5) is 0 Å². The van der Waals surface area contributed by atoms with Gasteiger partial charge in [0.05, 0.1) is 4.88 Å². The van der Waals surface area contributed by atoms with Crippen LogP contribution in [0.5, 0.6) is 0 Å². The van der Waals surface area contributed by atoms with Crippen LogP contribution in [-0.4, -0.2) is 23.9 Å². The van der Waals surface area contributed by atoms with Gasteiger partial charge in [0.1, 0.15) is 0 Å². The minimum absolute atomic E-state index is 0.205. The van der Waals surface area contributed by atoms with Crippen molar-refractivity contribution in [2.75, 3.05) is 13.1 Å². The summed E-state index contributed by atoms with van der Waals surface area (Å²) in [5, 5.41) is 1.95. The first kappa shape index (κ1) is 9.71. The van der Waals surface area contributed by atoms with Gasteiger partial charge in [-0.25, -0.2) is 0 Å². The molecule has 2 nitrogen and oxygen atoms in total. The third-order valence-corrected chi connectivity index (χ3v) is 3.87. The minimum Gasteiger partial charge on any atom is -0.337 e. The number of carbonyl (C=O) groups excluding carboxylic acids is 1. The zero-order valence-corrected chi connectivity index (χ0v) is 9.38. The zero-order chi connectivity index (χ0) is 10.1. The topological polar surface area (TPSA) is 20.3 Å². The molecule has 1 saturated heterocycles. The normalized spacial score (nSPS) is 26.9. The Kier molecular flexibility index (Phi) is 2.59. The highest BCUT2D eigenvalue weighted by atomic mass is 32.1. The molecule has 0 radical (unpaired) electrons. The van der Waals surface area contributed by atoms with Crippen LogP contribution in [-0.2, 0) is 0 Å². The Labute approximate surface area is 88.5 Å². The first-order valence-corrected chi connectivity index (χ1v) is 5.89. The Morgan fingerprint density at radius 2 is 2.07 bits per heavy atom. The van der Waals surface area contributed by atoms with Crippen molar-refractivity contribution in [1.29, 1.82) is 0 Å². The lowest BCUT2D eigenvalue weighted by Gasteiger charge is -2.14. The van der Waals surface area contributed by atoms with Gasteiger partial charge in [0.15, 0.2) is 0 Å². The van der Waals surface area contributed by atoms with E-state index in [-0.39, 0.29) is 5.91 Å². The van der Waals surface area contributed by atoms with Gasteiger partial charge in [-0.2, -0.15) is 0 Å². The molecule has 2 unspecified atom stereocenters. The molecule has 76 valence electrons. The summed E-state index contributed by atoms with van der Waals surface area (Å²) in [4.78, 5) is 14.8. The van der Waals surface area contributed by atoms with Crippen LogP contribution < -0.4 is 0 Å². The summed E-state index contributed by atoms with van der Waals surface area (Å²) in [5.41, 5.74) is 0. The maximum atomic E-state index is 11.9. The quantitative estimate of drug-likeness (QED) is 0.696. The van der Waals surface area contributed by atoms with Crippen LogP contribution >= 0.6 is 11.3 Å². The predicted octanol–water partition coefficient (Wildman–Crippen LogP) is 2.48. The number of nitrogens with zero attached hydrogens (tertiary/aromatic N) is 1. The van der Waals surface area contributed by atoms with E-state index in [9.17, 15) is 4.79 Å². The van der Waals surface area contributed by atoms with Crippen molar-refractivity contribution in [2.24, 2.45) is 11.8 Å². The standard InChI is InChI=1S/C11H15NOS/c1-8-6-12(7-9(8)2)11(13)10-4-3-5-14-10/h3-5,8-9H,6-7H2,1-2H3. The largest absolute Gasteiger partial charge is 0.337 e. The van der Waals surface area contributed by atoms with E-state index in [2.05, 4.69) is 13.8 Å². The van der Waals surface area contributed by atoms with Gasteiger partial charge in [-0.15, -0.1) is 11.3 Å². The Morgan fingerprint density at radius 3 is 2.57 bits per heavy atom. The molecule has 0 aromatic carbocycles. The lowest BCUT2D eigenvalue weighted by atomic mass is 10.0. The minimum atomic E-state index is 0.205. The molecular weight excluding hydrogens is 194 g/mol. The number of likely N-dealkylation sites (tertiary alicyclic amines) is 1. The number of rotatable bonds is 1.